The zero-order chi connectivity index (χ0) is 18.4. The van der Waals surface area contributed by atoms with Crippen LogP contribution in [-0.2, 0) is 0 Å². The Bertz CT molecular complexity index is 742. The van der Waals surface area contributed by atoms with Gasteiger partial charge in [-0.25, -0.2) is 0 Å². The molecular formula is C19H22O6. The van der Waals surface area contributed by atoms with Gasteiger partial charge in [-0.1, -0.05) is 12.2 Å². The second-order valence-corrected chi connectivity index (χ2v) is 5.03. The lowest BCUT2D eigenvalue weighted by atomic mass is 10.1. The molecule has 1 N–H and O–H groups in total. The smallest absolute Gasteiger partial charge is 0.203 e. The molecule has 0 atom stereocenters. The number of phenols is 1. The number of ether oxygens (including phenoxy) is 5. The third kappa shape index (κ3) is 3.74. The monoisotopic (exact) mass is 346 g/mol. The highest BCUT2D eigenvalue weighted by Crippen LogP contribution is 2.41. The maximum atomic E-state index is 10.3. The summed E-state index contributed by atoms with van der Waals surface area (Å²) in [5.41, 5.74) is 1.41. The van der Waals surface area contributed by atoms with Gasteiger partial charge in [0.25, 0.3) is 0 Å². The third-order valence-electron chi connectivity index (χ3n) is 3.69. The van der Waals surface area contributed by atoms with E-state index in [2.05, 4.69) is 0 Å². The molecule has 6 nitrogen and oxygen atoms in total. The number of hydrogen-bond donors (Lipinski definition) is 1. The van der Waals surface area contributed by atoms with E-state index < -0.39 is 0 Å². The average Bonchev–Trinajstić information content (AvgIpc) is 2.65. The van der Waals surface area contributed by atoms with Crippen LogP contribution in [0.4, 0.5) is 0 Å². The number of hydrogen-bond acceptors (Lipinski definition) is 6. The van der Waals surface area contributed by atoms with E-state index in [1.165, 1.54) is 14.2 Å². The quantitative estimate of drug-likeness (QED) is 0.773. The van der Waals surface area contributed by atoms with Crippen LogP contribution in [0.1, 0.15) is 11.1 Å². The number of methoxy groups -OCH3 is 5. The zero-order valence-corrected chi connectivity index (χ0v) is 15.0. The van der Waals surface area contributed by atoms with E-state index in [4.69, 9.17) is 23.7 Å². The fourth-order valence-electron chi connectivity index (χ4n) is 2.44. The molecule has 0 bridgehead atoms. The van der Waals surface area contributed by atoms with Crippen LogP contribution in [0.2, 0.25) is 0 Å². The topological polar surface area (TPSA) is 66.4 Å². The van der Waals surface area contributed by atoms with Crippen molar-refractivity contribution < 1.29 is 28.8 Å². The van der Waals surface area contributed by atoms with Gasteiger partial charge in [0, 0.05) is 5.56 Å². The Balaban J connectivity index is 2.43. The lowest BCUT2D eigenvalue weighted by molar-refractivity contribution is 0.324. The Labute approximate surface area is 147 Å². The second kappa shape index (κ2) is 8.19. The van der Waals surface area contributed by atoms with Crippen LogP contribution < -0.4 is 23.7 Å². The van der Waals surface area contributed by atoms with Crippen molar-refractivity contribution in [1.29, 1.82) is 0 Å². The summed E-state index contributed by atoms with van der Waals surface area (Å²) >= 11 is 0. The van der Waals surface area contributed by atoms with Gasteiger partial charge in [-0.15, -0.1) is 0 Å². The highest BCUT2D eigenvalue weighted by Gasteiger charge is 2.14. The van der Waals surface area contributed by atoms with Gasteiger partial charge in [0.15, 0.2) is 23.0 Å². The van der Waals surface area contributed by atoms with Gasteiger partial charge in [-0.2, -0.15) is 0 Å². The minimum absolute atomic E-state index is 0.00513. The summed E-state index contributed by atoms with van der Waals surface area (Å²) in [6, 6.07) is 7.10. The van der Waals surface area contributed by atoms with E-state index in [0.29, 0.717) is 28.6 Å². The summed E-state index contributed by atoms with van der Waals surface area (Å²) in [7, 11) is 7.67. The first-order valence-corrected chi connectivity index (χ1v) is 7.51. The number of aromatic hydroxyl groups is 1. The summed E-state index contributed by atoms with van der Waals surface area (Å²) in [6.45, 7) is 0. The van der Waals surface area contributed by atoms with Crippen molar-refractivity contribution in [2.75, 3.05) is 35.5 Å². The van der Waals surface area contributed by atoms with Crippen molar-refractivity contribution in [2.24, 2.45) is 0 Å². The van der Waals surface area contributed by atoms with Crippen LogP contribution >= 0.6 is 0 Å². The van der Waals surface area contributed by atoms with Crippen molar-refractivity contribution >= 4 is 12.2 Å². The standard InChI is InChI=1S/C19H22O6/c1-21-14-9-8-13(17(20)19(14)25-5)7-6-12-10-15(22-2)18(24-4)16(11-12)23-3/h6-11,20H,1-5H3. The van der Waals surface area contributed by atoms with Gasteiger partial charge >= 0.3 is 0 Å². The lowest BCUT2D eigenvalue weighted by Gasteiger charge is -2.13. The van der Waals surface area contributed by atoms with E-state index in [-0.39, 0.29) is 11.5 Å². The minimum Gasteiger partial charge on any atom is -0.504 e. The summed E-state index contributed by atoms with van der Waals surface area (Å²) in [4.78, 5) is 0. The van der Waals surface area contributed by atoms with Crippen molar-refractivity contribution in [3.63, 3.8) is 0 Å². The Kier molecular flexibility index (Phi) is 6.00. The van der Waals surface area contributed by atoms with Crippen LogP contribution in [0.3, 0.4) is 0 Å². The van der Waals surface area contributed by atoms with Crippen molar-refractivity contribution in [2.45, 2.75) is 0 Å². The molecular weight excluding hydrogens is 324 g/mol. The van der Waals surface area contributed by atoms with Gasteiger partial charge in [-0.3, -0.25) is 0 Å². The summed E-state index contributed by atoms with van der Waals surface area (Å²) < 4.78 is 26.3. The van der Waals surface area contributed by atoms with Crippen LogP contribution in [0.15, 0.2) is 24.3 Å². The van der Waals surface area contributed by atoms with Crippen molar-refractivity contribution in [3.05, 3.63) is 35.4 Å². The molecule has 0 aromatic heterocycles. The van der Waals surface area contributed by atoms with Gasteiger partial charge in [-0.05, 0) is 29.8 Å². The minimum atomic E-state index is 0.00513. The Morgan fingerprint density at radius 3 is 1.72 bits per heavy atom. The molecule has 0 aliphatic heterocycles. The first kappa shape index (κ1) is 18.3. The maximum Gasteiger partial charge on any atom is 0.203 e. The summed E-state index contributed by atoms with van der Waals surface area (Å²) in [6.07, 6.45) is 3.59. The maximum absolute atomic E-state index is 10.3. The first-order chi connectivity index (χ1) is 12.1. The molecule has 25 heavy (non-hydrogen) atoms. The molecule has 0 unspecified atom stereocenters. The fourth-order valence-corrected chi connectivity index (χ4v) is 2.44. The van der Waals surface area contributed by atoms with Crippen LogP contribution in [0.25, 0.3) is 12.2 Å². The molecule has 0 fully saturated rings. The average molecular weight is 346 g/mol. The molecule has 0 amide bonds. The predicted octanol–water partition coefficient (Wildman–Crippen LogP) is 3.61. The SMILES string of the molecule is COc1cc(C=Cc2ccc(OC)c(OC)c2O)cc(OC)c1OC. The van der Waals surface area contributed by atoms with E-state index in [1.54, 1.807) is 39.5 Å². The molecule has 0 heterocycles. The van der Waals surface area contributed by atoms with Crippen molar-refractivity contribution in [3.8, 4) is 34.5 Å². The lowest BCUT2D eigenvalue weighted by Crippen LogP contribution is -1.95. The van der Waals surface area contributed by atoms with E-state index in [0.717, 1.165) is 5.56 Å². The van der Waals surface area contributed by atoms with Gasteiger partial charge in [0.2, 0.25) is 11.5 Å². The van der Waals surface area contributed by atoms with Gasteiger partial charge in [0.05, 0.1) is 35.5 Å². The molecule has 0 aliphatic rings. The molecule has 2 rings (SSSR count). The van der Waals surface area contributed by atoms with Gasteiger partial charge in [0.1, 0.15) is 0 Å². The second-order valence-electron chi connectivity index (χ2n) is 5.03. The van der Waals surface area contributed by atoms with E-state index in [9.17, 15) is 5.11 Å². The van der Waals surface area contributed by atoms with Crippen LogP contribution in [0.5, 0.6) is 34.5 Å². The molecule has 0 aliphatic carbocycles. The highest BCUT2D eigenvalue weighted by molar-refractivity contribution is 5.77. The molecule has 0 radical (unpaired) electrons. The van der Waals surface area contributed by atoms with Gasteiger partial charge < -0.3 is 28.8 Å². The normalized spacial score (nSPS) is 10.6. The first-order valence-electron chi connectivity index (χ1n) is 7.51. The molecule has 2 aromatic carbocycles. The molecule has 0 saturated heterocycles. The molecule has 2 aromatic rings. The molecule has 0 spiro atoms. The number of phenolic OH excluding ortho intramolecular Hbond substituents is 1. The Hall–Kier alpha value is -3.02. The Morgan fingerprint density at radius 2 is 1.24 bits per heavy atom. The summed E-state index contributed by atoms with van der Waals surface area (Å²) in [5.74, 6) is 2.39. The van der Waals surface area contributed by atoms with Crippen LogP contribution in [0, 0.1) is 0 Å². The fraction of sp³-hybridized carbons (Fsp3) is 0.263. The van der Waals surface area contributed by atoms with E-state index >= 15 is 0 Å². The van der Waals surface area contributed by atoms with Crippen LogP contribution in [-0.4, -0.2) is 40.7 Å². The molecule has 134 valence electrons. The predicted molar refractivity (Wildman–Crippen MR) is 96.2 cm³/mol. The van der Waals surface area contributed by atoms with Crippen molar-refractivity contribution in [1.82, 2.24) is 0 Å². The number of rotatable bonds is 7. The zero-order valence-electron chi connectivity index (χ0n) is 15.0. The Morgan fingerprint density at radius 1 is 0.680 bits per heavy atom. The summed E-state index contributed by atoms with van der Waals surface area (Å²) in [5, 5.41) is 10.3. The number of benzene rings is 2. The molecule has 0 saturated carbocycles. The highest BCUT2D eigenvalue weighted by atomic mass is 16.5. The third-order valence-corrected chi connectivity index (χ3v) is 3.69. The van der Waals surface area contributed by atoms with E-state index in [1.807, 2.05) is 18.2 Å². The molecule has 6 heteroatoms. The largest absolute Gasteiger partial charge is 0.504 e.